The molecule has 138 valence electrons. The molecule has 0 aromatic heterocycles. The first-order chi connectivity index (χ1) is 12.4. The van der Waals surface area contributed by atoms with Gasteiger partial charge in [0.2, 0.25) is 5.91 Å². The van der Waals surface area contributed by atoms with Gasteiger partial charge in [-0.15, -0.1) is 11.8 Å². The Morgan fingerprint density at radius 1 is 1.15 bits per heavy atom. The van der Waals surface area contributed by atoms with Gasteiger partial charge in [-0.2, -0.15) is 13.2 Å². The van der Waals surface area contributed by atoms with Gasteiger partial charge in [-0.05, 0) is 29.8 Å². The normalized spacial score (nSPS) is 17.6. The third-order valence-electron chi connectivity index (χ3n) is 3.90. The minimum Gasteiger partial charge on any atom is -0.492 e. The lowest BCUT2D eigenvalue weighted by Gasteiger charge is -2.24. The van der Waals surface area contributed by atoms with Gasteiger partial charge in [-0.1, -0.05) is 24.3 Å². The number of rotatable bonds is 5. The van der Waals surface area contributed by atoms with Crippen LogP contribution in [-0.4, -0.2) is 29.7 Å². The number of carbonyl (C=O) groups excluding carboxylic acids is 1. The molecule has 1 aliphatic rings. The molecule has 1 atom stereocenters. The molecule has 2 aromatic rings. The molecule has 8 heteroatoms. The van der Waals surface area contributed by atoms with Gasteiger partial charge in [0.1, 0.15) is 23.5 Å². The topological polar surface area (TPSA) is 29.5 Å². The monoisotopic (exact) mass is 385 g/mol. The van der Waals surface area contributed by atoms with Crippen LogP contribution in [0, 0.1) is 5.82 Å². The molecule has 26 heavy (non-hydrogen) atoms. The largest absolute Gasteiger partial charge is 0.492 e. The predicted octanol–water partition coefficient (Wildman–Crippen LogP) is 4.50. The van der Waals surface area contributed by atoms with E-state index in [1.165, 1.54) is 22.7 Å². The van der Waals surface area contributed by atoms with Crippen molar-refractivity contribution in [1.29, 1.82) is 0 Å². The number of hydrogen-bond acceptors (Lipinski definition) is 3. The summed E-state index contributed by atoms with van der Waals surface area (Å²) in [5, 5.41) is -0.529. The first-order valence-corrected chi connectivity index (χ1v) is 8.86. The van der Waals surface area contributed by atoms with Crippen LogP contribution >= 0.6 is 11.8 Å². The zero-order chi connectivity index (χ0) is 18.7. The van der Waals surface area contributed by atoms with E-state index in [0.29, 0.717) is 17.4 Å². The van der Waals surface area contributed by atoms with E-state index in [-0.39, 0.29) is 24.8 Å². The van der Waals surface area contributed by atoms with E-state index in [2.05, 4.69) is 0 Å². The van der Waals surface area contributed by atoms with Crippen molar-refractivity contribution in [3.8, 4) is 5.75 Å². The van der Waals surface area contributed by atoms with Gasteiger partial charge in [0.25, 0.3) is 0 Å². The minimum atomic E-state index is -4.75. The molecular formula is C18H15F4NO2S. The molecular weight excluding hydrogens is 370 g/mol. The van der Waals surface area contributed by atoms with E-state index < -0.39 is 22.9 Å². The van der Waals surface area contributed by atoms with Crippen LogP contribution in [0.25, 0.3) is 0 Å². The molecule has 0 spiro atoms. The van der Waals surface area contributed by atoms with Crippen LogP contribution < -0.4 is 4.74 Å². The standard InChI is InChI=1S/C18H15F4NO2S/c19-15-10-12(6-7-14(15)18(20,21)22)17-23(16(24)11-26-17)8-9-25-13-4-2-1-3-5-13/h1-7,10,17H,8-9,11H2. The van der Waals surface area contributed by atoms with Gasteiger partial charge in [0.05, 0.1) is 17.9 Å². The number of benzene rings is 2. The SMILES string of the molecule is O=C1CSC(c2ccc(C(F)(F)F)c(F)c2)N1CCOc1ccccc1. The highest BCUT2D eigenvalue weighted by Gasteiger charge is 2.36. The Kier molecular flexibility index (Phi) is 5.41. The van der Waals surface area contributed by atoms with E-state index >= 15 is 0 Å². The molecule has 0 bridgehead atoms. The molecule has 1 amide bonds. The molecule has 0 aliphatic carbocycles. The first-order valence-electron chi connectivity index (χ1n) is 7.82. The van der Waals surface area contributed by atoms with E-state index in [1.54, 1.807) is 12.1 Å². The molecule has 1 heterocycles. The number of nitrogens with zero attached hydrogens (tertiary/aromatic N) is 1. The van der Waals surface area contributed by atoms with Crippen LogP contribution in [-0.2, 0) is 11.0 Å². The van der Waals surface area contributed by atoms with Crippen molar-refractivity contribution in [3.63, 3.8) is 0 Å². The van der Waals surface area contributed by atoms with Gasteiger partial charge in [-0.25, -0.2) is 4.39 Å². The Bertz CT molecular complexity index is 783. The molecule has 0 saturated carbocycles. The van der Waals surface area contributed by atoms with Gasteiger partial charge in [0.15, 0.2) is 0 Å². The van der Waals surface area contributed by atoms with Gasteiger partial charge in [-0.3, -0.25) is 4.79 Å². The van der Waals surface area contributed by atoms with E-state index in [0.717, 1.165) is 6.07 Å². The molecule has 1 saturated heterocycles. The van der Waals surface area contributed by atoms with E-state index in [1.807, 2.05) is 18.2 Å². The van der Waals surface area contributed by atoms with Crippen LogP contribution in [0.1, 0.15) is 16.5 Å². The molecule has 0 N–H and O–H groups in total. The van der Waals surface area contributed by atoms with Crippen molar-refractivity contribution < 1.29 is 27.1 Å². The Hall–Kier alpha value is -2.22. The van der Waals surface area contributed by atoms with E-state index in [4.69, 9.17) is 4.74 Å². The molecule has 1 unspecified atom stereocenters. The Morgan fingerprint density at radius 3 is 2.54 bits per heavy atom. The molecule has 3 rings (SSSR count). The van der Waals surface area contributed by atoms with Crippen LogP contribution in [0.5, 0.6) is 5.75 Å². The van der Waals surface area contributed by atoms with Crippen molar-refractivity contribution >= 4 is 17.7 Å². The maximum atomic E-state index is 13.8. The molecule has 0 radical (unpaired) electrons. The zero-order valence-electron chi connectivity index (χ0n) is 13.5. The Morgan fingerprint density at radius 2 is 1.88 bits per heavy atom. The van der Waals surface area contributed by atoms with Crippen LogP contribution in [0.2, 0.25) is 0 Å². The number of para-hydroxylation sites is 1. The van der Waals surface area contributed by atoms with E-state index in [9.17, 15) is 22.4 Å². The summed E-state index contributed by atoms with van der Waals surface area (Å²) < 4.78 is 57.5. The first kappa shape index (κ1) is 18.6. The number of amides is 1. The van der Waals surface area contributed by atoms with Crippen molar-refractivity contribution in [3.05, 3.63) is 65.5 Å². The van der Waals surface area contributed by atoms with Crippen LogP contribution in [0.15, 0.2) is 48.5 Å². The van der Waals surface area contributed by atoms with Crippen LogP contribution in [0.3, 0.4) is 0 Å². The average molecular weight is 385 g/mol. The summed E-state index contributed by atoms with van der Waals surface area (Å²) in [7, 11) is 0. The second-order valence-corrected chi connectivity index (χ2v) is 6.72. The number of hydrogen-bond donors (Lipinski definition) is 0. The summed E-state index contributed by atoms with van der Waals surface area (Å²) in [6, 6.07) is 11.8. The lowest BCUT2D eigenvalue weighted by molar-refractivity contribution is -0.140. The Balaban J connectivity index is 1.70. The highest BCUT2D eigenvalue weighted by atomic mass is 32.2. The second-order valence-electron chi connectivity index (χ2n) is 5.65. The second kappa shape index (κ2) is 7.57. The van der Waals surface area contributed by atoms with Gasteiger partial charge < -0.3 is 9.64 Å². The average Bonchev–Trinajstić information content (AvgIpc) is 2.95. The molecule has 3 nitrogen and oxygen atoms in total. The summed E-state index contributed by atoms with van der Waals surface area (Å²) in [5.74, 6) is -0.644. The maximum Gasteiger partial charge on any atom is 0.419 e. The number of ether oxygens (including phenoxy) is 1. The van der Waals surface area contributed by atoms with Crippen molar-refractivity contribution in [1.82, 2.24) is 4.90 Å². The maximum absolute atomic E-state index is 13.8. The van der Waals surface area contributed by atoms with Crippen LogP contribution in [0.4, 0.5) is 17.6 Å². The summed E-state index contributed by atoms with van der Waals surface area (Å²) in [5.41, 5.74) is -0.986. The van der Waals surface area contributed by atoms with Crippen molar-refractivity contribution in [2.75, 3.05) is 18.9 Å². The minimum absolute atomic E-state index is 0.156. The lowest BCUT2D eigenvalue weighted by Crippen LogP contribution is -2.32. The fourth-order valence-corrected chi connectivity index (χ4v) is 3.87. The number of carbonyl (C=O) groups is 1. The summed E-state index contributed by atoms with van der Waals surface area (Å²) in [6.45, 7) is 0.490. The predicted molar refractivity (Wildman–Crippen MR) is 90.3 cm³/mol. The molecule has 1 aliphatic heterocycles. The highest BCUT2D eigenvalue weighted by molar-refractivity contribution is 8.00. The van der Waals surface area contributed by atoms with Crippen molar-refractivity contribution in [2.45, 2.75) is 11.6 Å². The Labute approximate surface area is 151 Å². The molecule has 1 fully saturated rings. The zero-order valence-corrected chi connectivity index (χ0v) is 14.3. The summed E-state index contributed by atoms with van der Waals surface area (Å²) >= 11 is 1.25. The lowest BCUT2D eigenvalue weighted by atomic mass is 10.1. The van der Waals surface area contributed by atoms with Gasteiger partial charge >= 0.3 is 6.18 Å². The number of thioether (sulfide) groups is 1. The fraction of sp³-hybridized carbons (Fsp3) is 0.278. The van der Waals surface area contributed by atoms with Gasteiger partial charge in [0, 0.05) is 0 Å². The summed E-state index contributed by atoms with van der Waals surface area (Å²) in [6.07, 6.45) is -4.75. The summed E-state index contributed by atoms with van der Waals surface area (Å²) in [4.78, 5) is 13.6. The fourth-order valence-electron chi connectivity index (χ4n) is 2.67. The highest BCUT2D eigenvalue weighted by Crippen LogP contribution is 2.40. The third-order valence-corrected chi connectivity index (χ3v) is 5.15. The quantitative estimate of drug-likeness (QED) is 0.710. The number of halogens is 4. The van der Waals surface area contributed by atoms with Crippen molar-refractivity contribution in [2.24, 2.45) is 0 Å². The molecule has 2 aromatic carbocycles. The smallest absolute Gasteiger partial charge is 0.419 e. The third kappa shape index (κ3) is 4.12. The number of alkyl halides is 3.